The minimum absolute atomic E-state index is 0.146. The summed E-state index contributed by atoms with van der Waals surface area (Å²) in [6.07, 6.45) is 0.804. The Labute approximate surface area is 155 Å². The van der Waals surface area contributed by atoms with E-state index in [1.165, 1.54) is 22.1 Å². The standard InChI is InChI=1S/C19H19N3O3S/c1-3-12-22-15(23)11-10-14(21-22)17-16(13-8-6-5-7-9-13)20-18(26-17)19(24)25-4-2/h5-11H,3-4,12H2,1-2H3. The third-order valence-electron chi connectivity index (χ3n) is 3.66. The fourth-order valence-corrected chi connectivity index (χ4v) is 3.45. The lowest BCUT2D eigenvalue weighted by atomic mass is 10.1. The average molecular weight is 369 g/mol. The largest absolute Gasteiger partial charge is 0.461 e. The molecule has 2 heterocycles. The minimum Gasteiger partial charge on any atom is -0.461 e. The zero-order valence-electron chi connectivity index (χ0n) is 14.6. The van der Waals surface area contributed by atoms with Crippen LogP contribution in [0.1, 0.15) is 30.1 Å². The first-order chi connectivity index (χ1) is 12.6. The number of aromatic nitrogens is 3. The molecule has 0 N–H and O–H groups in total. The van der Waals surface area contributed by atoms with Crippen molar-refractivity contribution in [3.05, 3.63) is 57.8 Å². The van der Waals surface area contributed by atoms with Gasteiger partial charge in [0.15, 0.2) is 0 Å². The van der Waals surface area contributed by atoms with E-state index in [-0.39, 0.29) is 17.2 Å². The summed E-state index contributed by atoms with van der Waals surface area (Å²) in [7, 11) is 0. The molecular formula is C19H19N3O3S. The van der Waals surface area contributed by atoms with Crippen LogP contribution in [0.4, 0.5) is 0 Å². The summed E-state index contributed by atoms with van der Waals surface area (Å²) < 4.78 is 6.52. The Morgan fingerprint density at radius 1 is 1.15 bits per heavy atom. The Morgan fingerprint density at radius 2 is 1.92 bits per heavy atom. The summed E-state index contributed by atoms with van der Waals surface area (Å²) >= 11 is 1.22. The molecule has 26 heavy (non-hydrogen) atoms. The second-order valence-electron chi connectivity index (χ2n) is 5.56. The maximum atomic E-state index is 12.1. The maximum Gasteiger partial charge on any atom is 0.367 e. The van der Waals surface area contributed by atoms with Gasteiger partial charge >= 0.3 is 5.97 Å². The number of esters is 1. The number of carbonyl (C=O) groups excluding carboxylic acids is 1. The smallest absolute Gasteiger partial charge is 0.367 e. The second-order valence-corrected chi connectivity index (χ2v) is 6.56. The molecule has 2 aromatic heterocycles. The number of nitrogens with zero attached hydrogens (tertiary/aromatic N) is 3. The molecule has 0 aliphatic rings. The van der Waals surface area contributed by atoms with Crippen molar-refractivity contribution in [2.75, 3.05) is 6.61 Å². The van der Waals surface area contributed by atoms with Crippen molar-refractivity contribution in [1.82, 2.24) is 14.8 Å². The molecule has 6 nitrogen and oxygen atoms in total. The molecule has 134 valence electrons. The van der Waals surface area contributed by atoms with Gasteiger partial charge in [-0.05, 0) is 19.4 Å². The van der Waals surface area contributed by atoms with Crippen LogP contribution in [0, 0.1) is 0 Å². The van der Waals surface area contributed by atoms with Gasteiger partial charge in [-0.2, -0.15) is 5.10 Å². The third-order valence-corrected chi connectivity index (χ3v) is 4.72. The molecule has 0 aliphatic carbocycles. The van der Waals surface area contributed by atoms with Crippen LogP contribution in [-0.4, -0.2) is 27.3 Å². The highest BCUT2D eigenvalue weighted by molar-refractivity contribution is 7.17. The Hall–Kier alpha value is -2.80. The van der Waals surface area contributed by atoms with Crippen LogP contribution in [0.2, 0.25) is 0 Å². The molecule has 3 aromatic rings. The first kappa shape index (κ1) is 18.0. The molecule has 0 saturated carbocycles. The number of benzene rings is 1. The van der Waals surface area contributed by atoms with E-state index in [0.29, 0.717) is 17.9 Å². The molecule has 0 radical (unpaired) electrons. The molecule has 0 fully saturated rings. The molecule has 7 heteroatoms. The lowest BCUT2D eigenvalue weighted by molar-refractivity contribution is 0.0526. The summed E-state index contributed by atoms with van der Waals surface area (Å²) in [5.41, 5.74) is 2.01. The number of aryl methyl sites for hydroxylation is 1. The van der Waals surface area contributed by atoms with E-state index in [9.17, 15) is 9.59 Å². The Balaban J connectivity index is 2.15. The quantitative estimate of drug-likeness (QED) is 0.621. The molecule has 0 saturated heterocycles. The molecule has 0 aliphatic heterocycles. The molecule has 0 bridgehead atoms. The topological polar surface area (TPSA) is 74.1 Å². The highest BCUT2D eigenvalue weighted by Gasteiger charge is 2.21. The van der Waals surface area contributed by atoms with Crippen LogP contribution in [0.3, 0.4) is 0 Å². The van der Waals surface area contributed by atoms with Gasteiger partial charge in [0.05, 0.1) is 17.2 Å². The van der Waals surface area contributed by atoms with Crippen molar-refractivity contribution in [2.24, 2.45) is 0 Å². The monoisotopic (exact) mass is 369 g/mol. The van der Waals surface area contributed by atoms with E-state index < -0.39 is 5.97 Å². The van der Waals surface area contributed by atoms with E-state index in [4.69, 9.17) is 4.74 Å². The van der Waals surface area contributed by atoms with Crippen LogP contribution in [0.15, 0.2) is 47.3 Å². The summed E-state index contributed by atoms with van der Waals surface area (Å²) in [5.74, 6) is -0.456. The van der Waals surface area contributed by atoms with E-state index in [0.717, 1.165) is 16.9 Å². The number of hydrogen-bond acceptors (Lipinski definition) is 6. The predicted octanol–water partition coefficient (Wildman–Crippen LogP) is 3.62. The first-order valence-corrected chi connectivity index (χ1v) is 9.27. The van der Waals surface area contributed by atoms with Crippen molar-refractivity contribution in [3.63, 3.8) is 0 Å². The minimum atomic E-state index is -0.456. The Morgan fingerprint density at radius 3 is 2.62 bits per heavy atom. The highest BCUT2D eigenvalue weighted by atomic mass is 32.1. The lowest BCUT2D eigenvalue weighted by Gasteiger charge is -2.06. The van der Waals surface area contributed by atoms with Gasteiger partial charge in [-0.3, -0.25) is 4.79 Å². The van der Waals surface area contributed by atoms with Gasteiger partial charge in [-0.25, -0.2) is 14.5 Å². The van der Waals surface area contributed by atoms with Crippen LogP contribution >= 0.6 is 11.3 Å². The number of thiazole rings is 1. The number of rotatable bonds is 6. The zero-order valence-corrected chi connectivity index (χ0v) is 15.5. The van der Waals surface area contributed by atoms with Gasteiger partial charge in [-0.15, -0.1) is 11.3 Å². The SMILES string of the molecule is CCCn1nc(-c2sc(C(=O)OCC)nc2-c2ccccc2)ccc1=O. The lowest BCUT2D eigenvalue weighted by Crippen LogP contribution is -2.21. The van der Waals surface area contributed by atoms with Gasteiger partial charge < -0.3 is 4.74 Å². The van der Waals surface area contributed by atoms with E-state index in [1.807, 2.05) is 37.3 Å². The number of carbonyl (C=O) groups is 1. The summed E-state index contributed by atoms with van der Waals surface area (Å²) in [6.45, 7) is 4.57. The average Bonchev–Trinajstić information content (AvgIpc) is 3.10. The highest BCUT2D eigenvalue weighted by Crippen LogP contribution is 2.35. The third kappa shape index (κ3) is 3.72. The van der Waals surface area contributed by atoms with Crippen molar-refractivity contribution in [1.29, 1.82) is 0 Å². The van der Waals surface area contributed by atoms with E-state index >= 15 is 0 Å². The van der Waals surface area contributed by atoms with Crippen molar-refractivity contribution < 1.29 is 9.53 Å². The van der Waals surface area contributed by atoms with Crippen LogP contribution in [0.5, 0.6) is 0 Å². The van der Waals surface area contributed by atoms with E-state index in [1.54, 1.807) is 13.0 Å². The molecule has 3 rings (SSSR count). The van der Waals surface area contributed by atoms with Gasteiger partial charge in [-0.1, -0.05) is 37.3 Å². The molecule has 0 atom stereocenters. The first-order valence-electron chi connectivity index (χ1n) is 8.46. The fourth-order valence-electron chi connectivity index (χ4n) is 2.51. The van der Waals surface area contributed by atoms with Gasteiger partial charge in [0.1, 0.15) is 5.69 Å². The number of hydrogen-bond donors (Lipinski definition) is 0. The summed E-state index contributed by atoms with van der Waals surface area (Å²) in [4.78, 5) is 29.3. The van der Waals surface area contributed by atoms with Crippen LogP contribution in [-0.2, 0) is 11.3 Å². The van der Waals surface area contributed by atoms with Crippen LogP contribution < -0.4 is 5.56 Å². The van der Waals surface area contributed by atoms with Crippen molar-refractivity contribution >= 4 is 17.3 Å². The second kappa shape index (κ2) is 8.05. The predicted molar refractivity (Wildman–Crippen MR) is 101 cm³/mol. The Kier molecular flexibility index (Phi) is 5.58. The summed E-state index contributed by atoms with van der Waals surface area (Å²) in [5, 5.41) is 4.73. The van der Waals surface area contributed by atoms with Gasteiger partial charge in [0.25, 0.3) is 5.56 Å². The van der Waals surface area contributed by atoms with Gasteiger partial charge in [0, 0.05) is 18.2 Å². The van der Waals surface area contributed by atoms with Crippen LogP contribution in [0.25, 0.3) is 21.8 Å². The molecule has 0 unspecified atom stereocenters. The maximum absolute atomic E-state index is 12.1. The van der Waals surface area contributed by atoms with Crippen molar-refractivity contribution in [2.45, 2.75) is 26.8 Å². The van der Waals surface area contributed by atoms with E-state index in [2.05, 4.69) is 10.1 Å². The Bertz CT molecular complexity index is 964. The van der Waals surface area contributed by atoms with Crippen molar-refractivity contribution in [3.8, 4) is 21.8 Å². The molecule has 1 aromatic carbocycles. The normalized spacial score (nSPS) is 10.7. The number of ether oxygens (including phenoxy) is 1. The molecular weight excluding hydrogens is 350 g/mol. The van der Waals surface area contributed by atoms with Gasteiger partial charge in [0.2, 0.25) is 5.01 Å². The fraction of sp³-hybridized carbons (Fsp3) is 0.263. The zero-order chi connectivity index (χ0) is 18.5. The summed E-state index contributed by atoms with van der Waals surface area (Å²) in [6, 6.07) is 12.8. The molecule has 0 amide bonds. The molecule has 0 spiro atoms.